The predicted molar refractivity (Wildman–Crippen MR) is 215 cm³/mol. The zero-order valence-corrected chi connectivity index (χ0v) is 35.0. The van der Waals surface area contributed by atoms with E-state index in [4.69, 9.17) is 7.85 Å². The minimum Gasteiger partial charge on any atom is -0.0716 e. The summed E-state index contributed by atoms with van der Waals surface area (Å²) in [7, 11) is 6.40. The highest BCUT2D eigenvalue weighted by atomic mass is 14.6. The van der Waals surface area contributed by atoms with E-state index < -0.39 is 0 Å². The molecular weight excluding hydrogens is 575 g/mol. The van der Waals surface area contributed by atoms with Gasteiger partial charge in [-0.15, -0.1) is 0 Å². The van der Waals surface area contributed by atoms with Gasteiger partial charge in [0.1, 0.15) is 0 Å². The molecule has 48 heavy (non-hydrogen) atoms. The lowest BCUT2D eigenvalue weighted by Gasteiger charge is -2.55. The average Bonchev–Trinajstić information content (AvgIpc) is 2.93. The summed E-state index contributed by atoms with van der Waals surface area (Å²) in [5, 5.41) is -0.0966. The fourth-order valence-electron chi connectivity index (χ4n) is 8.88. The summed E-state index contributed by atoms with van der Waals surface area (Å²) in [5.41, 5.74) is 7.08. The summed E-state index contributed by atoms with van der Waals surface area (Å²) in [6.07, 6.45) is 8.33. The van der Waals surface area contributed by atoms with Gasteiger partial charge < -0.3 is 0 Å². The number of hydrogen-bond donors (Lipinski definition) is 0. The van der Waals surface area contributed by atoms with Gasteiger partial charge in [0.2, 0.25) is 0 Å². The summed E-state index contributed by atoms with van der Waals surface area (Å²) in [5.74, 6) is 2.09. The molecule has 1 heteroatoms. The van der Waals surface area contributed by atoms with Crippen LogP contribution in [0.15, 0.2) is 48.5 Å². The Morgan fingerprint density at radius 3 is 1.62 bits per heavy atom. The summed E-state index contributed by atoms with van der Waals surface area (Å²) < 4.78 is 0. The lowest BCUT2D eigenvalue weighted by Crippen LogP contribution is -2.45. The second kappa shape index (κ2) is 14.3. The average molecular weight is 653 g/mol. The van der Waals surface area contributed by atoms with Crippen LogP contribution in [0.2, 0.25) is 5.31 Å². The molecule has 0 nitrogen and oxygen atoms in total. The second-order valence-electron chi connectivity index (χ2n) is 21.6. The maximum absolute atomic E-state index is 6.40. The van der Waals surface area contributed by atoms with Gasteiger partial charge in [0.25, 0.3) is 0 Å². The molecule has 2 radical (unpaired) electrons. The standard InChI is InChI=1S/C47H77B/c1-33(27-28-45(12,13)48)30-42(6,7)34(2)46(14,15)39(36-21-19-18-20-22-36)31-44(10,11)47(16,17)40(32-43(8,9)41(3,4)5)38-26-24-35-23-25-37(35)29-38/h18-22,24,26,29,33-34,39-40H,23,25,27-28,30-32H2,1-17H3. The van der Waals surface area contributed by atoms with Gasteiger partial charge in [0.05, 0.1) is 7.85 Å². The fraction of sp³-hybridized carbons (Fsp3) is 0.745. The van der Waals surface area contributed by atoms with Crippen LogP contribution in [0.1, 0.15) is 184 Å². The highest BCUT2D eigenvalue weighted by Crippen LogP contribution is 2.61. The van der Waals surface area contributed by atoms with Gasteiger partial charge in [0, 0.05) is 0 Å². The van der Waals surface area contributed by atoms with Gasteiger partial charge in [-0.3, -0.25) is 0 Å². The van der Waals surface area contributed by atoms with Crippen LogP contribution in [0.25, 0.3) is 0 Å². The Kier molecular flexibility index (Phi) is 12.2. The summed E-state index contributed by atoms with van der Waals surface area (Å²) in [4.78, 5) is 0. The number of aryl methyl sites for hydroxylation is 2. The fourth-order valence-corrected chi connectivity index (χ4v) is 8.88. The molecule has 0 N–H and O–H groups in total. The Morgan fingerprint density at radius 1 is 0.604 bits per heavy atom. The molecule has 3 rings (SSSR count). The number of hydrogen-bond acceptors (Lipinski definition) is 0. The van der Waals surface area contributed by atoms with Crippen molar-refractivity contribution >= 4 is 7.85 Å². The molecule has 4 atom stereocenters. The van der Waals surface area contributed by atoms with Crippen LogP contribution in [0, 0.1) is 44.3 Å². The first-order valence-corrected chi connectivity index (χ1v) is 19.6. The van der Waals surface area contributed by atoms with Crippen LogP contribution in [0.3, 0.4) is 0 Å². The van der Waals surface area contributed by atoms with Gasteiger partial charge in [0.15, 0.2) is 0 Å². The van der Waals surface area contributed by atoms with Crippen molar-refractivity contribution < 1.29 is 0 Å². The molecule has 4 unspecified atom stereocenters. The van der Waals surface area contributed by atoms with Crippen molar-refractivity contribution in [3.05, 3.63) is 70.8 Å². The minimum atomic E-state index is -0.0966. The topological polar surface area (TPSA) is 0 Å². The van der Waals surface area contributed by atoms with Crippen molar-refractivity contribution in [1.29, 1.82) is 0 Å². The largest absolute Gasteiger partial charge is 0.0738 e. The first-order valence-electron chi connectivity index (χ1n) is 19.6. The Hall–Kier alpha value is -1.50. The van der Waals surface area contributed by atoms with Crippen LogP contribution in [-0.2, 0) is 12.8 Å². The molecule has 0 bridgehead atoms. The van der Waals surface area contributed by atoms with E-state index in [1.807, 2.05) is 0 Å². The molecule has 268 valence electrons. The Labute approximate surface area is 301 Å². The molecule has 0 aliphatic heterocycles. The Balaban J connectivity index is 2.04. The first kappa shape index (κ1) is 40.9. The monoisotopic (exact) mass is 653 g/mol. The van der Waals surface area contributed by atoms with Gasteiger partial charge in [-0.2, -0.15) is 0 Å². The van der Waals surface area contributed by atoms with Gasteiger partial charge in [-0.1, -0.05) is 184 Å². The van der Waals surface area contributed by atoms with Gasteiger partial charge >= 0.3 is 0 Å². The molecule has 0 spiro atoms. The number of fused-ring (bicyclic) bond motifs is 1. The molecule has 0 heterocycles. The number of rotatable bonds is 16. The quantitative estimate of drug-likeness (QED) is 0.158. The third kappa shape index (κ3) is 9.23. The van der Waals surface area contributed by atoms with E-state index in [0.717, 1.165) is 12.8 Å². The van der Waals surface area contributed by atoms with E-state index in [9.17, 15) is 0 Å². The third-order valence-electron chi connectivity index (χ3n) is 14.9. The lowest BCUT2D eigenvalue weighted by molar-refractivity contribution is -0.0134. The summed E-state index contributed by atoms with van der Waals surface area (Å²) in [6, 6.07) is 19.1. The lowest BCUT2D eigenvalue weighted by atomic mass is 9.49. The number of benzene rings is 2. The Bertz CT molecular complexity index is 1320. The van der Waals surface area contributed by atoms with Gasteiger partial charge in [-0.05, 0) is 111 Å². The smallest absolute Gasteiger partial charge is 0.0716 e. The molecule has 1 aliphatic carbocycles. The second-order valence-corrected chi connectivity index (χ2v) is 21.6. The van der Waals surface area contributed by atoms with Crippen molar-refractivity contribution in [2.24, 2.45) is 44.3 Å². The molecule has 0 saturated carbocycles. The van der Waals surface area contributed by atoms with E-state index >= 15 is 0 Å². The van der Waals surface area contributed by atoms with E-state index in [0.29, 0.717) is 23.7 Å². The first-order chi connectivity index (χ1) is 21.6. The van der Waals surface area contributed by atoms with Crippen LogP contribution in [0.4, 0.5) is 0 Å². The van der Waals surface area contributed by atoms with E-state index in [1.165, 1.54) is 37.7 Å². The molecule has 0 saturated heterocycles. The SMILES string of the molecule is [B]C(C)(C)CCC(C)CC(C)(C)C(C)C(C)(C)C(CC(C)(C)C(C)(C)C(CC(C)(C)C(C)(C)C)c1ccc2c(c1)CC2)c1ccccc1. The third-order valence-corrected chi connectivity index (χ3v) is 14.9. The maximum atomic E-state index is 6.40. The van der Waals surface area contributed by atoms with E-state index in [1.54, 1.807) is 16.7 Å². The van der Waals surface area contributed by atoms with Crippen LogP contribution in [0.5, 0.6) is 0 Å². The molecule has 2 aromatic carbocycles. The van der Waals surface area contributed by atoms with Crippen molar-refractivity contribution in [3.8, 4) is 0 Å². The maximum Gasteiger partial charge on any atom is 0.0738 e. The van der Waals surface area contributed by atoms with Crippen molar-refractivity contribution in [3.63, 3.8) is 0 Å². The molecule has 0 fully saturated rings. The normalized spacial score (nSPS) is 17.7. The minimum absolute atomic E-state index is 0.0684. The van der Waals surface area contributed by atoms with E-state index in [2.05, 4.69) is 166 Å². The van der Waals surface area contributed by atoms with Gasteiger partial charge in [-0.25, -0.2) is 0 Å². The van der Waals surface area contributed by atoms with Crippen LogP contribution < -0.4 is 0 Å². The van der Waals surface area contributed by atoms with Crippen molar-refractivity contribution in [2.75, 3.05) is 0 Å². The molecule has 0 aromatic heterocycles. The molecule has 1 aliphatic rings. The zero-order valence-electron chi connectivity index (χ0n) is 35.0. The molecular formula is C47H77B. The molecule has 0 amide bonds. The molecule has 2 aromatic rings. The van der Waals surface area contributed by atoms with Crippen LogP contribution in [-0.4, -0.2) is 7.85 Å². The van der Waals surface area contributed by atoms with Crippen molar-refractivity contribution in [2.45, 2.75) is 180 Å². The highest BCUT2D eigenvalue weighted by Gasteiger charge is 2.51. The Morgan fingerprint density at radius 2 is 1.15 bits per heavy atom. The van der Waals surface area contributed by atoms with E-state index in [-0.39, 0.29) is 37.8 Å². The predicted octanol–water partition coefficient (Wildman–Crippen LogP) is 14.4. The summed E-state index contributed by atoms with van der Waals surface area (Å²) in [6.45, 7) is 42.4. The van der Waals surface area contributed by atoms with Crippen LogP contribution >= 0.6 is 0 Å². The highest BCUT2D eigenvalue weighted by molar-refractivity contribution is 6.14. The zero-order chi connectivity index (χ0) is 36.7. The van der Waals surface area contributed by atoms with Crippen molar-refractivity contribution in [1.82, 2.24) is 0 Å². The summed E-state index contributed by atoms with van der Waals surface area (Å²) >= 11 is 0.